The van der Waals surface area contributed by atoms with Crippen LogP contribution in [-0.4, -0.2) is 17.8 Å². The predicted octanol–water partition coefficient (Wildman–Crippen LogP) is 3.24. The van der Waals surface area contributed by atoms with Gasteiger partial charge in [-0.05, 0) is 36.3 Å². The maximum Gasteiger partial charge on any atom is 0.0852 e. The second-order valence-corrected chi connectivity index (χ2v) is 5.66. The molecule has 1 saturated carbocycles. The fourth-order valence-corrected chi connectivity index (χ4v) is 3.43. The number of benzene rings is 1. The lowest BCUT2D eigenvalue weighted by Gasteiger charge is -2.29. The molecule has 3 rings (SSSR count). The third kappa shape index (κ3) is 2.45. The van der Waals surface area contributed by atoms with Crippen LogP contribution in [0, 0.1) is 5.92 Å². The van der Waals surface area contributed by atoms with E-state index >= 15 is 0 Å². The van der Waals surface area contributed by atoms with Gasteiger partial charge in [0.05, 0.1) is 18.8 Å². The van der Waals surface area contributed by atoms with Gasteiger partial charge in [0.2, 0.25) is 0 Å². The van der Waals surface area contributed by atoms with Gasteiger partial charge in [0.15, 0.2) is 0 Å². The Morgan fingerprint density at radius 3 is 2.83 bits per heavy atom. The average Bonchev–Trinajstić information content (AvgIpc) is 2.93. The third-order valence-corrected chi connectivity index (χ3v) is 4.49. The zero-order chi connectivity index (χ0) is 12.4. The van der Waals surface area contributed by atoms with E-state index in [4.69, 9.17) is 4.74 Å². The maximum absolute atomic E-state index is 10.3. The Morgan fingerprint density at radius 1 is 1.22 bits per heavy atom. The summed E-state index contributed by atoms with van der Waals surface area (Å²) in [6.07, 6.45) is 6.63. The van der Waals surface area contributed by atoms with E-state index in [0.717, 1.165) is 19.4 Å². The molecular formula is C16H22O2. The highest BCUT2D eigenvalue weighted by Crippen LogP contribution is 2.35. The van der Waals surface area contributed by atoms with Gasteiger partial charge >= 0.3 is 0 Å². The fraction of sp³-hybridized carbons (Fsp3) is 0.625. The Hall–Kier alpha value is -0.860. The summed E-state index contributed by atoms with van der Waals surface area (Å²) in [6, 6.07) is 8.50. The monoisotopic (exact) mass is 246 g/mol. The largest absolute Gasteiger partial charge is 0.393 e. The summed E-state index contributed by atoms with van der Waals surface area (Å²) in [7, 11) is 0. The average molecular weight is 246 g/mol. The van der Waals surface area contributed by atoms with Crippen LogP contribution in [0.2, 0.25) is 0 Å². The van der Waals surface area contributed by atoms with Crippen molar-refractivity contribution in [2.24, 2.45) is 5.92 Å². The number of aliphatic hydroxyl groups is 1. The smallest absolute Gasteiger partial charge is 0.0852 e. The molecule has 1 fully saturated rings. The van der Waals surface area contributed by atoms with Crippen LogP contribution in [0.1, 0.15) is 49.3 Å². The maximum atomic E-state index is 10.3. The predicted molar refractivity (Wildman–Crippen MR) is 71.4 cm³/mol. The first kappa shape index (κ1) is 12.2. The first-order chi connectivity index (χ1) is 8.84. The van der Waals surface area contributed by atoms with Crippen LogP contribution in [0.3, 0.4) is 0 Å². The van der Waals surface area contributed by atoms with Crippen molar-refractivity contribution in [2.45, 2.75) is 50.7 Å². The van der Waals surface area contributed by atoms with Crippen LogP contribution < -0.4 is 0 Å². The third-order valence-electron chi connectivity index (χ3n) is 4.49. The lowest BCUT2D eigenvalue weighted by Crippen LogP contribution is -2.25. The van der Waals surface area contributed by atoms with E-state index in [1.165, 1.54) is 36.8 Å². The minimum Gasteiger partial charge on any atom is -0.393 e. The molecule has 0 aromatic heterocycles. The summed E-state index contributed by atoms with van der Waals surface area (Å²) in [5.74, 6) is 0.502. The van der Waals surface area contributed by atoms with Gasteiger partial charge in [0, 0.05) is 6.42 Å². The van der Waals surface area contributed by atoms with Crippen molar-refractivity contribution in [1.82, 2.24) is 0 Å². The highest BCUT2D eigenvalue weighted by Gasteiger charge is 2.28. The molecule has 1 aliphatic carbocycles. The Bertz CT molecular complexity index is 396. The molecule has 2 heteroatoms. The number of ether oxygens (including phenoxy) is 1. The van der Waals surface area contributed by atoms with Gasteiger partial charge in [-0.3, -0.25) is 0 Å². The number of aliphatic hydroxyl groups excluding tert-OH is 1. The van der Waals surface area contributed by atoms with E-state index in [1.807, 2.05) is 0 Å². The second-order valence-electron chi connectivity index (χ2n) is 5.66. The molecule has 1 aromatic rings. The summed E-state index contributed by atoms with van der Waals surface area (Å²) < 4.78 is 5.87. The molecule has 0 amide bonds. The molecule has 2 atom stereocenters. The molecule has 1 N–H and O–H groups in total. The molecule has 0 spiro atoms. The lowest BCUT2D eigenvalue weighted by molar-refractivity contribution is -0.0107. The van der Waals surface area contributed by atoms with Crippen LogP contribution >= 0.6 is 0 Å². The van der Waals surface area contributed by atoms with Crippen LogP contribution in [-0.2, 0) is 11.2 Å². The first-order valence-electron chi connectivity index (χ1n) is 7.22. The molecule has 0 bridgehead atoms. The Labute approximate surface area is 109 Å². The van der Waals surface area contributed by atoms with E-state index in [1.54, 1.807) is 0 Å². The lowest BCUT2D eigenvalue weighted by atomic mass is 9.90. The van der Waals surface area contributed by atoms with Gasteiger partial charge in [0.1, 0.15) is 0 Å². The van der Waals surface area contributed by atoms with Crippen molar-refractivity contribution in [3.63, 3.8) is 0 Å². The zero-order valence-electron chi connectivity index (χ0n) is 10.8. The topological polar surface area (TPSA) is 29.5 Å². The molecule has 0 saturated heterocycles. The summed E-state index contributed by atoms with van der Waals surface area (Å²) in [5, 5.41) is 10.3. The SMILES string of the molecule is OC(CC1OCCc2ccccc21)C1CCCC1. The first-order valence-corrected chi connectivity index (χ1v) is 7.22. The minimum absolute atomic E-state index is 0.102. The van der Waals surface area contributed by atoms with Gasteiger partial charge in [-0.25, -0.2) is 0 Å². The summed E-state index contributed by atoms with van der Waals surface area (Å²) >= 11 is 0. The molecule has 1 aliphatic heterocycles. The highest BCUT2D eigenvalue weighted by molar-refractivity contribution is 5.30. The van der Waals surface area contributed by atoms with Crippen molar-refractivity contribution in [1.29, 1.82) is 0 Å². The van der Waals surface area contributed by atoms with Gasteiger partial charge in [-0.1, -0.05) is 37.1 Å². The van der Waals surface area contributed by atoms with E-state index in [9.17, 15) is 5.11 Å². The Kier molecular flexibility index (Phi) is 3.67. The highest BCUT2D eigenvalue weighted by atomic mass is 16.5. The molecule has 1 aromatic carbocycles. The van der Waals surface area contributed by atoms with E-state index < -0.39 is 0 Å². The second kappa shape index (κ2) is 5.41. The van der Waals surface area contributed by atoms with Crippen LogP contribution in [0.4, 0.5) is 0 Å². The van der Waals surface area contributed by atoms with Gasteiger partial charge in [-0.2, -0.15) is 0 Å². The number of hydrogen-bond donors (Lipinski definition) is 1. The van der Waals surface area contributed by atoms with Crippen LogP contribution in [0.5, 0.6) is 0 Å². The molecule has 18 heavy (non-hydrogen) atoms. The number of hydrogen-bond acceptors (Lipinski definition) is 2. The molecule has 1 heterocycles. The van der Waals surface area contributed by atoms with Gasteiger partial charge < -0.3 is 9.84 Å². The molecule has 2 nitrogen and oxygen atoms in total. The van der Waals surface area contributed by atoms with Crippen molar-refractivity contribution in [3.8, 4) is 0 Å². The standard InChI is InChI=1S/C16H22O2/c17-15(13-6-1-2-7-13)11-16-14-8-4-3-5-12(14)9-10-18-16/h3-5,8,13,15-17H,1-2,6-7,9-11H2. The molecular weight excluding hydrogens is 224 g/mol. The van der Waals surface area contributed by atoms with Crippen molar-refractivity contribution in [3.05, 3.63) is 35.4 Å². The molecule has 0 radical (unpaired) electrons. The number of fused-ring (bicyclic) bond motifs is 1. The Morgan fingerprint density at radius 2 is 2.00 bits per heavy atom. The molecule has 98 valence electrons. The van der Waals surface area contributed by atoms with Crippen molar-refractivity contribution < 1.29 is 9.84 Å². The molecule has 2 unspecified atom stereocenters. The summed E-state index contributed by atoms with van der Waals surface area (Å²) in [4.78, 5) is 0. The zero-order valence-corrected chi connectivity index (χ0v) is 10.8. The van der Waals surface area contributed by atoms with Gasteiger partial charge in [0.25, 0.3) is 0 Å². The van der Waals surface area contributed by atoms with E-state index in [2.05, 4.69) is 24.3 Å². The van der Waals surface area contributed by atoms with E-state index in [0.29, 0.717) is 5.92 Å². The minimum atomic E-state index is -0.191. The van der Waals surface area contributed by atoms with Crippen molar-refractivity contribution in [2.75, 3.05) is 6.61 Å². The quantitative estimate of drug-likeness (QED) is 0.887. The number of rotatable bonds is 3. The normalized spacial score (nSPS) is 25.9. The molecule has 2 aliphatic rings. The fourth-order valence-electron chi connectivity index (χ4n) is 3.43. The van der Waals surface area contributed by atoms with Crippen LogP contribution in [0.15, 0.2) is 24.3 Å². The van der Waals surface area contributed by atoms with Crippen molar-refractivity contribution >= 4 is 0 Å². The van der Waals surface area contributed by atoms with E-state index in [-0.39, 0.29) is 12.2 Å². The van der Waals surface area contributed by atoms with Gasteiger partial charge in [-0.15, -0.1) is 0 Å². The Balaban J connectivity index is 1.70. The van der Waals surface area contributed by atoms with Crippen LogP contribution in [0.25, 0.3) is 0 Å². The summed E-state index contributed by atoms with van der Waals surface area (Å²) in [6.45, 7) is 0.791. The summed E-state index contributed by atoms with van der Waals surface area (Å²) in [5.41, 5.74) is 2.69.